The monoisotopic (exact) mass is 300 g/mol. The van der Waals surface area contributed by atoms with Gasteiger partial charge in [0.05, 0.1) is 13.0 Å². The summed E-state index contributed by atoms with van der Waals surface area (Å²) in [6.45, 7) is 5.58. The Labute approximate surface area is 124 Å². The number of carboxylic acids is 1. The molecule has 7 heteroatoms. The lowest BCUT2D eigenvalue weighted by molar-refractivity contribution is -0.150. The first kappa shape index (κ1) is 17.3. The molecule has 1 rings (SSSR count). The lowest BCUT2D eigenvalue weighted by atomic mass is 9.61. The van der Waals surface area contributed by atoms with Gasteiger partial charge in [0.2, 0.25) is 0 Å². The number of ether oxygens (including phenoxy) is 1. The summed E-state index contributed by atoms with van der Waals surface area (Å²) in [4.78, 5) is 34.0. The molecule has 120 valence electrons. The van der Waals surface area contributed by atoms with E-state index in [2.05, 4.69) is 15.4 Å². The first-order valence-corrected chi connectivity index (χ1v) is 7.04. The van der Waals surface area contributed by atoms with E-state index in [9.17, 15) is 19.5 Å². The smallest absolute Gasteiger partial charge is 0.325 e. The maximum atomic E-state index is 11.8. The van der Waals surface area contributed by atoms with Crippen molar-refractivity contribution in [1.29, 1.82) is 0 Å². The Morgan fingerprint density at radius 3 is 2.43 bits per heavy atom. The molecule has 0 aromatic rings. The third-order valence-corrected chi connectivity index (χ3v) is 4.68. The number of amides is 2. The second-order valence-electron chi connectivity index (χ2n) is 6.09. The lowest BCUT2D eigenvalue weighted by Crippen LogP contribution is -2.54. The second kappa shape index (κ2) is 6.78. The lowest BCUT2D eigenvalue weighted by Gasteiger charge is -2.46. The molecule has 3 unspecified atom stereocenters. The van der Waals surface area contributed by atoms with E-state index in [1.807, 2.05) is 20.8 Å². The summed E-state index contributed by atoms with van der Waals surface area (Å²) in [5, 5.41) is 14.5. The fourth-order valence-corrected chi connectivity index (χ4v) is 2.89. The molecule has 1 saturated carbocycles. The summed E-state index contributed by atoms with van der Waals surface area (Å²) in [6.07, 6.45) is 1.13. The molecule has 0 spiro atoms. The van der Waals surface area contributed by atoms with Crippen LogP contribution in [0.3, 0.4) is 0 Å². The highest BCUT2D eigenvalue weighted by Gasteiger charge is 2.46. The highest BCUT2D eigenvalue weighted by atomic mass is 16.5. The molecular formula is C14H24N2O5. The summed E-state index contributed by atoms with van der Waals surface area (Å²) in [7, 11) is 1.25. The molecule has 1 aliphatic rings. The van der Waals surface area contributed by atoms with E-state index >= 15 is 0 Å². The second-order valence-corrected chi connectivity index (χ2v) is 6.09. The van der Waals surface area contributed by atoms with Crippen LogP contribution >= 0.6 is 0 Å². The molecule has 7 nitrogen and oxygen atoms in total. The van der Waals surface area contributed by atoms with Crippen molar-refractivity contribution < 1.29 is 24.2 Å². The van der Waals surface area contributed by atoms with Gasteiger partial charge in [-0.05, 0) is 24.2 Å². The molecule has 0 saturated heterocycles. The van der Waals surface area contributed by atoms with Gasteiger partial charge < -0.3 is 20.5 Å². The minimum atomic E-state index is -0.791. The number of rotatable bonds is 4. The maximum absolute atomic E-state index is 11.8. The zero-order valence-electron chi connectivity index (χ0n) is 12.9. The third-order valence-electron chi connectivity index (χ3n) is 4.68. The number of nitrogens with one attached hydrogen (secondary N) is 2. The van der Waals surface area contributed by atoms with Crippen LogP contribution in [-0.4, -0.2) is 42.8 Å². The molecule has 1 aliphatic carbocycles. The standard InChI is InChI=1S/C14H24N2O5/c1-8-10(16-13(20)15-7-11(17)21-4)6-5-9(12(18)19)14(8,2)3/h8-10H,5-7H2,1-4H3,(H,18,19)(H2,15,16,20). The zero-order chi connectivity index (χ0) is 16.2. The van der Waals surface area contributed by atoms with E-state index in [0.717, 1.165) is 0 Å². The summed E-state index contributed by atoms with van der Waals surface area (Å²) < 4.78 is 4.44. The van der Waals surface area contributed by atoms with E-state index in [-0.39, 0.29) is 18.5 Å². The molecule has 0 aromatic heterocycles. The average molecular weight is 300 g/mol. The van der Waals surface area contributed by atoms with Crippen LogP contribution in [0.2, 0.25) is 0 Å². The van der Waals surface area contributed by atoms with Crippen molar-refractivity contribution in [3.05, 3.63) is 0 Å². The van der Waals surface area contributed by atoms with Crippen LogP contribution in [0, 0.1) is 17.3 Å². The molecule has 2 amide bonds. The van der Waals surface area contributed by atoms with Gasteiger partial charge in [-0.25, -0.2) is 4.79 Å². The number of hydrogen-bond acceptors (Lipinski definition) is 4. The van der Waals surface area contributed by atoms with E-state index in [4.69, 9.17) is 0 Å². The maximum Gasteiger partial charge on any atom is 0.325 e. The fourth-order valence-electron chi connectivity index (χ4n) is 2.89. The minimum Gasteiger partial charge on any atom is -0.481 e. The van der Waals surface area contributed by atoms with Crippen molar-refractivity contribution >= 4 is 18.0 Å². The summed E-state index contributed by atoms with van der Waals surface area (Å²) in [6, 6.07) is -0.560. The zero-order valence-corrected chi connectivity index (χ0v) is 12.9. The Bertz CT molecular complexity index is 422. The predicted octanol–water partition coefficient (Wildman–Crippen LogP) is 0.984. The largest absolute Gasteiger partial charge is 0.481 e. The first-order chi connectivity index (χ1) is 9.70. The molecule has 0 radical (unpaired) electrons. The molecule has 1 fully saturated rings. The number of carbonyl (C=O) groups is 3. The van der Waals surface area contributed by atoms with Crippen molar-refractivity contribution in [2.24, 2.45) is 17.3 Å². The van der Waals surface area contributed by atoms with Gasteiger partial charge in [0.1, 0.15) is 6.54 Å². The molecule has 0 aromatic carbocycles. The van der Waals surface area contributed by atoms with Crippen molar-refractivity contribution in [3.63, 3.8) is 0 Å². The quantitative estimate of drug-likeness (QED) is 0.671. The van der Waals surface area contributed by atoms with E-state index in [1.165, 1.54) is 7.11 Å². The summed E-state index contributed by atoms with van der Waals surface area (Å²) in [5.41, 5.74) is -0.412. The van der Waals surface area contributed by atoms with Crippen molar-refractivity contribution in [1.82, 2.24) is 10.6 Å². The fraction of sp³-hybridized carbons (Fsp3) is 0.786. The van der Waals surface area contributed by atoms with Crippen LogP contribution in [0.15, 0.2) is 0 Å². The molecule has 3 N–H and O–H groups in total. The van der Waals surface area contributed by atoms with Gasteiger partial charge in [0, 0.05) is 6.04 Å². The Kier molecular flexibility index (Phi) is 5.57. The number of hydrogen-bond donors (Lipinski definition) is 3. The van der Waals surface area contributed by atoms with Crippen LogP contribution in [0.5, 0.6) is 0 Å². The predicted molar refractivity (Wildman–Crippen MR) is 75.6 cm³/mol. The molecule has 0 heterocycles. The number of methoxy groups -OCH3 is 1. The van der Waals surface area contributed by atoms with Gasteiger partial charge in [-0.15, -0.1) is 0 Å². The molecule has 21 heavy (non-hydrogen) atoms. The van der Waals surface area contributed by atoms with Crippen molar-refractivity contribution in [3.8, 4) is 0 Å². The Morgan fingerprint density at radius 2 is 1.90 bits per heavy atom. The number of urea groups is 1. The van der Waals surface area contributed by atoms with Crippen molar-refractivity contribution in [2.75, 3.05) is 13.7 Å². The average Bonchev–Trinajstić information content (AvgIpc) is 2.40. The van der Waals surface area contributed by atoms with E-state index in [0.29, 0.717) is 12.8 Å². The van der Waals surface area contributed by atoms with Crippen LogP contribution in [0.25, 0.3) is 0 Å². The van der Waals surface area contributed by atoms with Crippen LogP contribution in [0.4, 0.5) is 4.79 Å². The highest BCUT2D eigenvalue weighted by Crippen LogP contribution is 2.44. The topological polar surface area (TPSA) is 105 Å². The molecule has 3 atom stereocenters. The van der Waals surface area contributed by atoms with Crippen LogP contribution in [0.1, 0.15) is 33.6 Å². The summed E-state index contributed by atoms with van der Waals surface area (Å²) in [5.74, 6) is -1.71. The number of carboxylic acid groups (broad SMARTS) is 1. The normalized spacial score (nSPS) is 27.5. The van der Waals surface area contributed by atoms with Crippen molar-refractivity contribution in [2.45, 2.75) is 39.7 Å². The van der Waals surface area contributed by atoms with Gasteiger partial charge in [-0.3, -0.25) is 9.59 Å². The highest BCUT2D eigenvalue weighted by molar-refractivity contribution is 5.80. The minimum absolute atomic E-state index is 0.0104. The first-order valence-electron chi connectivity index (χ1n) is 7.04. The summed E-state index contributed by atoms with van der Waals surface area (Å²) >= 11 is 0. The number of esters is 1. The van der Waals surface area contributed by atoms with E-state index in [1.54, 1.807) is 0 Å². The van der Waals surface area contributed by atoms with Gasteiger partial charge in [0.15, 0.2) is 0 Å². The number of carbonyl (C=O) groups excluding carboxylic acids is 2. The van der Waals surface area contributed by atoms with Crippen LogP contribution < -0.4 is 10.6 Å². The van der Waals surface area contributed by atoms with Gasteiger partial charge in [-0.2, -0.15) is 0 Å². The third kappa shape index (κ3) is 4.09. The Balaban J connectivity index is 2.60. The van der Waals surface area contributed by atoms with E-state index < -0.39 is 29.3 Å². The Morgan fingerprint density at radius 1 is 1.29 bits per heavy atom. The SMILES string of the molecule is COC(=O)CNC(=O)NC1CCC(C(=O)O)C(C)(C)C1C. The number of aliphatic carboxylic acids is 1. The van der Waals surface area contributed by atoms with Crippen LogP contribution in [-0.2, 0) is 14.3 Å². The van der Waals surface area contributed by atoms with Gasteiger partial charge >= 0.3 is 18.0 Å². The van der Waals surface area contributed by atoms with Gasteiger partial charge in [0.25, 0.3) is 0 Å². The molecular weight excluding hydrogens is 276 g/mol. The van der Waals surface area contributed by atoms with Gasteiger partial charge in [-0.1, -0.05) is 20.8 Å². The molecule has 0 bridgehead atoms. The Hall–Kier alpha value is -1.79. The molecule has 0 aliphatic heterocycles.